The molecule has 4 heteroatoms. The van der Waals surface area contributed by atoms with E-state index in [4.69, 9.17) is 15.7 Å². The molecule has 0 aliphatic rings. The number of ether oxygens (including phenoxy) is 1. The number of hydrogen-bond acceptors (Lipinski definition) is 4. The van der Waals surface area contributed by atoms with Gasteiger partial charge in [-0.25, -0.2) is 4.98 Å². The second kappa shape index (κ2) is 4.84. The maximum atomic E-state index is 8.84. The van der Waals surface area contributed by atoms with E-state index in [0.29, 0.717) is 24.6 Å². The van der Waals surface area contributed by atoms with Crippen LogP contribution in [0.4, 0.5) is 5.82 Å². The summed E-state index contributed by atoms with van der Waals surface area (Å²) in [4.78, 5) is 4.10. The van der Waals surface area contributed by atoms with Crippen molar-refractivity contribution >= 4 is 5.82 Å². The van der Waals surface area contributed by atoms with Crippen LogP contribution in [0.3, 0.4) is 0 Å². The minimum absolute atomic E-state index is 0.368. The molecular weight excluding hydrogens is 202 g/mol. The summed E-state index contributed by atoms with van der Waals surface area (Å²) in [5.41, 5.74) is 6.20. The number of rotatable bonds is 4. The first-order valence-electron chi connectivity index (χ1n) is 5.22. The second-order valence-corrected chi connectivity index (χ2v) is 4.43. The molecule has 0 radical (unpaired) electrons. The topological polar surface area (TPSA) is 71.9 Å². The van der Waals surface area contributed by atoms with Gasteiger partial charge < -0.3 is 10.5 Å². The van der Waals surface area contributed by atoms with E-state index < -0.39 is 0 Å². The van der Waals surface area contributed by atoms with Gasteiger partial charge in [0.05, 0.1) is 18.1 Å². The Kier molecular flexibility index (Phi) is 3.73. The Hall–Kier alpha value is -1.76. The average Bonchev–Trinajstić information content (AvgIpc) is 2.21. The molecule has 1 rings (SSSR count). The van der Waals surface area contributed by atoms with E-state index >= 15 is 0 Å². The van der Waals surface area contributed by atoms with Crippen LogP contribution < -0.4 is 10.5 Å². The highest BCUT2D eigenvalue weighted by atomic mass is 16.5. The van der Waals surface area contributed by atoms with Gasteiger partial charge in [0.2, 0.25) is 0 Å². The number of pyridine rings is 1. The van der Waals surface area contributed by atoms with E-state index in [9.17, 15) is 0 Å². The molecule has 1 aromatic heterocycles. The van der Waals surface area contributed by atoms with Crippen molar-refractivity contribution in [2.45, 2.75) is 27.2 Å². The number of nitrogen functional groups attached to an aromatic ring is 1. The van der Waals surface area contributed by atoms with Crippen molar-refractivity contribution in [2.24, 2.45) is 5.41 Å². The number of aryl methyl sites for hydroxylation is 1. The third-order valence-corrected chi connectivity index (χ3v) is 2.31. The van der Waals surface area contributed by atoms with Crippen LogP contribution in [-0.2, 0) is 0 Å². The van der Waals surface area contributed by atoms with Gasteiger partial charge in [-0.1, -0.05) is 0 Å². The van der Waals surface area contributed by atoms with Gasteiger partial charge in [-0.3, -0.25) is 0 Å². The molecule has 0 amide bonds. The normalized spacial score (nSPS) is 10.9. The largest absolute Gasteiger partial charge is 0.490 e. The van der Waals surface area contributed by atoms with Crippen molar-refractivity contribution in [1.29, 1.82) is 5.26 Å². The van der Waals surface area contributed by atoms with Crippen molar-refractivity contribution in [3.8, 4) is 11.8 Å². The Bertz CT molecular complexity index is 407. The first-order valence-corrected chi connectivity index (χ1v) is 5.22. The van der Waals surface area contributed by atoms with E-state index in [-0.39, 0.29) is 5.41 Å². The molecule has 1 heterocycles. The second-order valence-electron chi connectivity index (χ2n) is 4.43. The lowest BCUT2D eigenvalue weighted by Gasteiger charge is -2.15. The van der Waals surface area contributed by atoms with Crippen molar-refractivity contribution in [3.05, 3.63) is 17.8 Å². The summed E-state index contributed by atoms with van der Waals surface area (Å²) < 4.78 is 5.49. The quantitative estimate of drug-likeness (QED) is 0.843. The van der Waals surface area contributed by atoms with Crippen LogP contribution in [0.1, 0.15) is 26.0 Å². The zero-order chi connectivity index (χ0) is 12.2. The van der Waals surface area contributed by atoms with Gasteiger partial charge in [0.15, 0.2) is 11.6 Å². The summed E-state index contributed by atoms with van der Waals surface area (Å²) >= 11 is 0. The van der Waals surface area contributed by atoms with Crippen molar-refractivity contribution < 1.29 is 4.74 Å². The Labute approximate surface area is 96.1 Å². The zero-order valence-corrected chi connectivity index (χ0v) is 9.95. The van der Waals surface area contributed by atoms with Crippen LogP contribution >= 0.6 is 0 Å². The number of nitrogens with two attached hydrogens (primary N) is 1. The molecule has 1 aromatic rings. The van der Waals surface area contributed by atoms with E-state index in [0.717, 1.165) is 5.69 Å². The highest BCUT2D eigenvalue weighted by molar-refractivity contribution is 5.46. The zero-order valence-electron chi connectivity index (χ0n) is 9.95. The van der Waals surface area contributed by atoms with Gasteiger partial charge >= 0.3 is 0 Å². The summed E-state index contributed by atoms with van der Waals surface area (Å²) in [5, 5.41) is 8.84. The van der Waals surface area contributed by atoms with Crippen LogP contribution in [0.15, 0.2) is 12.1 Å². The lowest BCUT2D eigenvalue weighted by Crippen LogP contribution is -2.13. The number of nitrogens with zero attached hydrogens (tertiary/aromatic N) is 2. The predicted octanol–water partition coefficient (Wildman–Crippen LogP) is 2.29. The maximum absolute atomic E-state index is 8.84. The SMILES string of the molecule is Cc1ccc(OCCC(C)(C)C#N)c(N)n1. The molecular formula is C12H17N3O. The minimum atomic E-state index is -0.368. The third kappa shape index (κ3) is 3.43. The van der Waals surface area contributed by atoms with Crippen molar-refractivity contribution in [3.63, 3.8) is 0 Å². The van der Waals surface area contributed by atoms with Crippen molar-refractivity contribution in [1.82, 2.24) is 4.98 Å². The number of nitriles is 1. The summed E-state index contributed by atoms with van der Waals surface area (Å²) in [7, 11) is 0. The molecule has 0 atom stereocenters. The lowest BCUT2D eigenvalue weighted by molar-refractivity contribution is 0.265. The Morgan fingerprint density at radius 2 is 2.19 bits per heavy atom. The molecule has 0 spiro atoms. The van der Waals surface area contributed by atoms with E-state index in [1.165, 1.54) is 0 Å². The van der Waals surface area contributed by atoms with Gasteiger partial charge in [0, 0.05) is 5.69 Å². The Balaban J connectivity index is 2.53. The molecule has 16 heavy (non-hydrogen) atoms. The van der Waals surface area contributed by atoms with Gasteiger partial charge in [0.1, 0.15) is 0 Å². The Morgan fingerprint density at radius 3 is 2.75 bits per heavy atom. The standard InChI is InChI=1S/C12H17N3O/c1-9-4-5-10(11(14)15-9)16-7-6-12(2,3)8-13/h4-5H,6-7H2,1-3H3,(H2,14,15). The molecule has 0 unspecified atom stereocenters. The minimum Gasteiger partial charge on any atom is -0.490 e. The lowest BCUT2D eigenvalue weighted by atomic mass is 9.92. The first-order chi connectivity index (χ1) is 7.44. The van der Waals surface area contributed by atoms with Crippen LogP contribution in [0.5, 0.6) is 5.75 Å². The fourth-order valence-corrected chi connectivity index (χ4v) is 1.16. The molecule has 0 fully saturated rings. The smallest absolute Gasteiger partial charge is 0.166 e. The summed E-state index contributed by atoms with van der Waals surface area (Å²) in [5.74, 6) is 0.981. The number of hydrogen-bond donors (Lipinski definition) is 1. The summed E-state index contributed by atoms with van der Waals surface area (Å²) in [6, 6.07) is 5.88. The van der Waals surface area contributed by atoms with Crippen LogP contribution in [0, 0.1) is 23.7 Å². The highest BCUT2D eigenvalue weighted by Gasteiger charge is 2.16. The predicted molar refractivity (Wildman–Crippen MR) is 62.9 cm³/mol. The molecule has 2 N–H and O–H groups in total. The molecule has 0 bridgehead atoms. The molecule has 4 nitrogen and oxygen atoms in total. The van der Waals surface area contributed by atoms with Gasteiger partial charge in [0.25, 0.3) is 0 Å². The van der Waals surface area contributed by atoms with Gasteiger partial charge in [-0.15, -0.1) is 0 Å². The first kappa shape index (κ1) is 12.3. The average molecular weight is 219 g/mol. The van der Waals surface area contributed by atoms with E-state index in [1.807, 2.05) is 26.8 Å². The van der Waals surface area contributed by atoms with Gasteiger partial charge in [-0.05, 0) is 39.3 Å². The Morgan fingerprint density at radius 1 is 1.50 bits per heavy atom. The molecule has 0 saturated heterocycles. The third-order valence-electron chi connectivity index (χ3n) is 2.31. The fraction of sp³-hybridized carbons (Fsp3) is 0.500. The number of aromatic nitrogens is 1. The molecule has 86 valence electrons. The summed E-state index contributed by atoms with van der Waals surface area (Å²) in [6.45, 7) is 6.11. The summed E-state index contributed by atoms with van der Waals surface area (Å²) in [6.07, 6.45) is 0.664. The molecule has 0 aliphatic heterocycles. The molecule has 0 saturated carbocycles. The van der Waals surface area contributed by atoms with Crippen LogP contribution in [0.2, 0.25) is 0 Å². The van der Waals surface area contributed by atoms with E-state index in [1.54, 1.807) is 6.07 Å². The maximum Gasteiger partial charge on any atom is 0.166 e. The molecule has 0 aromatic carbocycles. The van der Waals surface area contributed by atoms with Crippen molar-refractivity contribution in [2.75, 3.05) is 12.3 Å². The highest BCUT2D eigenvalue weighted by Crippen LogP contribution is 2.22. The monoisotopic (exact) mass is 219 g/mol. The fourth-order valence-electron chi connectivity index (χ4n) is 1.16. The van der Waals surface area contributed by atoms with Gasteiger partial charge in [-0.2, -0.15) is 5.26 Å². The molecule has 0 aliphatic carbocycles. The van der Waals surface area contributed by atoms with Crippen LogP contribution in [0.25, 0.3) is 0 Å². The van der Waals surface area contributed by atoms with Crippen LogP contribution in [-0.4, -0.2) is 11.6 Å². The van der Waals surface area contributed by atoms with E-state index in [2.05, 4.69) is 11.1 Å². The number of anilines is 1.